The number of nitrogens with zero attached hydrogens (tertiary/aromatic N) is 5. The fourth-order valence-electron chi connectivity index (χ4n) is 2.16. The minimum atomic E-state index is -0.916. The molecule has 1 aromatic heterocycles. The minimum absolute atomic E-state index is 0.141. The van der Waals surface area contributed by atoms with Gasteiger partial charge >= 0.3 is 5.97 Å². The fourth-order valence-corrected chi connectivity index (χ4v) is 2.35. The molecule has 7 nitrogen and oxygen atoms in total. The monoisotopic (exact) mass is 307 g/mol. The lowest BCUT2D eigenvalue weighted by Crippen LogP contribution is -2.30. The number of rotatable bonds is 6. The van der Waals surface area contributed by atoms with E-state index < -0.39 is 5.97 Å². The maximum absolute atomic E-state index is 11.1. The average molecular weight is 308 g/mol. The molecule has 2 aromatic rings. The molecule has 0 atom stereocenters. The maximum atomic E-state index is 11.1. The summed E-state index contributed by atoms with van der Waals surface area (Å²) in [6.45, 7) is 0.189. The van der Waals surface area contributed by atoms with Gasteiger partial charge in [-0.25, -0.2) is 4.68 Å². The summed E-state index contributed by atoms with van der Waals surface area (Å²) in [5, 5.41) is 21.3. The standard InChI is InChI=1S/C13H14ClN5O2/c14-9-2-1-3-11(6-9)18(8-13(20)21)7-12-15-16-17-19(12)10-4-5-10/h1-3,6,10H,4-5,7-8H2,(H,20,21). The largest absolute Gasteiger partial charge is 0.480 e. The van der Waals surface area contributed by atoms with Crippen molar-refractivity contribution in [3.05, 3.63) is 35.1 Å². The van der Waals surface area contributed by atoms with Crippen molar-refractivity contribution in [2.24, 2.45) is 0 Å². The second-order valence-corrected chi connectivity index (χ2v) is 5.44. The molecule has 0 radical (unpaired) electrons. The first-order chi connectivity index (χ1) is 10.1. The van der Waals surface area contributed by atoms with Gasteiger partial charge in [-0.2, -0.15) is 0 Å². The van der Waals surface area contributed by atoms with E-state index in [1.807, 2.05) is 6.07 Å². The summed E-state index contributed by atoms with van der Waals surface area (Å²) in [6.07, 6.45) is 2.13. The summed E-state index contributed by atoms with van der Waals surface area (Å²) in [6, 6.07) is 7.44. The number of benzene rings is 1. The highest BCUT2D eigenvalue weighted by Gasteiger charge is 2.28. The number of carboxylic acids is 1. The Hall–Kier alpha value is -2.15. The number of aliphatic carboxylic acids is 1. The van der Waals surface area contributed by atoms with Crippen molar-refractivity contribution in [3.8, 4) is 0 Å². The lowest BCUT2D eigenvalue weighted by molar-refractivity contribution is -0.135. The van der Waals surface area contributed by atoms with Crippen LogP contribution in [0.2, 0.25) is 5.02 Å². The van der Waals surface area contributed by atoms with E-state index in [9.17, 15) is 4.79 Å². The lowest BCUT2D eigenvalue weighted by atomic mass is 10.2. The van der Waals surface area contributed by atoms with Gasteiger partial charge in [-0.1, -0.05) is 17.7 Å². The number of aromatic nitrogens is 4. The van der Waals surface area contributed by atoms with Crippen LogP contribution in [0.15, 0.2) is 24.3 Å². The van der Waals surface area contributed by atoms with E-state index in [0.29, 0.717) is 23.4 Å². The van der Waals surface area contributed by atoms with Crippen LogP contribution in [0, 0.1) is 0 Å². The van der Waals surface area contributed by atoms with E-state index in [-0.39, 0.29) is 6.54 Å². The molecule has 0 amide bonds. The van der Waals surface area contributed by atoms with Gasteiger partial charge in [0.25, 0.3) is 0 Å². The van der Waals surface area contributed by atoms with Crippen molar-refractivity contribution in [1.29, 1.82) is 0 Å². The first kappa shape index (κ1) is 13.8. The van der Waals surface area contributed by atoms with E-state index in [1.165, 1.54) is 0 Å². The molecule has 0 spiro atoms. The zero-order valence-electron chi connectivity index (χ0n) is 11.2. The SMILES string of the molecule is O=C(O)CN(Cc1nnnn1C1CC1)c1cccc(Cl)c1. The Morgan fingerprint density at radius 1 is 1.48 bits per heavy atom. The molecule has 1 aliphatic rings. The van der Waals surface area contributed by atoms with Crippen molar-refractivity contribution in [2.75, 3.05) is 11.4 Å². The van der Waals surface area contributed by atoms with Gasteiger partial charge in [0.2, 0.25) is 0 Å². The molecule has 0 unspecified atom stereocenters. The molecular weight excluding hydrogens is 294 g/mol. The van der Waals surface area contributed by atoms with Crippen LogP contribution in [0.5, 0.6) is 0 Å². The van der Waals surface area contributed by atoms with Crippen LogP contribution in [0.1, 0.15) is 24.7 Å². The Morgan fingerprint density at radius 2 is 2.29 bits per heavy atom. The number of carboxylic acid groups (broad SMARTS) is 1. The molecule has 110 valence electrons. The highest BCUT2D eigenvalue weighted by Crippen LogP contribution is 2.34. The Kier molecular flexibility index (Phi) is 3.74. The minimum Gasteiger partial charge on any atom is -0.480 e. The molecule has 1 aliphatic carbocycles. The molecule has 1 N–H and O–H groups in total. The molecule has 0 saturated heterocycles. The molecule has 1 heterocycles. The van der Waals surface area contributed by atoms with Gasteiger partial charge in [0.1, 0.15) is 6.54 Å². The number of hydrogen-bond acceptors (Lipinski definition) is 5. The second kappa shape index (κ2) is 5.69. The smallest absolute Gasteiger partial charge is 0.323 e. The van der Waals surface area contributed by atoms with Crippen LogP contribution < -0.4 is 4.90 Å². The van der Waals surface area contributed by atoms with Gasteiger partial charge in [0.05, 0.1) is 12.6 Å². The Labute approximate surface area is 126 Å². The van der Waals surface area contributed by atoms with Crippen molar-refractivity contribution < 1.29 is 9.90 Å². The van der Waals surface area contributed by atoms with Crippen LogP contribution >= 0.6 is 11.6 Å². The highest BCUT2D eigenvalue weighted by molar-refractivity contribution is 6.30. The van der Waals surface area contributed by atoms with Crippen LogP contribution in [0.25, 0.3) is 0 Å². The normalized spacial score (nSPS) is 14.1. The van der Waals surface area contributed by atoms with E-state index >= 15 is 0 Å². The molecule has 8 heteroatoms. The third kappa shape index (κ3) is 3.30. The van der Waals surface area contributed by atoms with Gasteiger partial charge in [-0.05, 0) is 41.5 Å². The first-order valence-electron chi connectivity index (χ1n) is 6.62. The van der Waals surface area contributed by atoms with Crippen LogP contribution in [0.3, 0.4) is 0 Å². The highest BCUT2D eigenvalue weighted by atomic mass is 35.5. The number of carbonyl (C=O) groups is 1. The number of halogens is 1. The van der Waals surface area contributed by atoms with Gasteiger partial charge in [0.15, 0.2) is 5.82 Å². The predicted octanol–water partition coefficient (Wildman–Crippen LogP) is 1.75. The summed E-state index contributed by atoms with van der Waals surface area (Å²) in [5.41, 5.74) is 0.732. The molecule has 1 fully saturated rings. The van der Waals surface area contributed by atoms with Crippen molar-refractivity contribution >= 4 is 23.3 Å². The zero-order valence-corrected chi connectivity index (χ0v) is 11.9. The van der Waals surface area contributed by atoms with Gasteiger partial charge < -0.3 is 10.0 Å². The van der Waals surface area contributed by atoms with E-state index in [0.717, 1.165) is 18.5 Å². The van der Waals surface area contributed by atoms with E-state index in [1.54, 1.807) is 27.8 Å². The molecule has 1 saturated carbocycles. The summed E-state index contributed by atoms with van der Waals surface area (Å²) >= 11 is 5.98. The average Bonchev–Trinajstić information content (AvgIpc) is 3.18. The third-order valence-corrected chi connectivity index (χ3v) is 3.52. The molecule has 21 heavy (non-hydrogen) atoms. The first-order valence-corrected chi connectivity index (χ1v) is 7.00. The number of hydrogen-bond donors (Lipinski definition) is 1. The molecule has 1 aromatic carbocycles. The van der Waals surface area contributed by atoms with Gasteiger partial charge in [-0.3, -0.25) is 4.79 Å². The second-order valence-electron chi connectivity index (χ2n) is 5.00. The summed E-state index contributed by atoms with van der Waals surface area (Å²) in [5.74, 6) is -0.251. The maximum Gasteiger partial charge on any atom is 0.323 e. The van der Waals surface area contributed by atoms with Gasteiger partial charge in [0, 0.05) is 10.7 Å². The molecule has 0 bridgehead atoms. The third-order valence-electron chi connectivity index (χ3n) is 3.29. The molecule has 0 aliphatic heterocycles. The molecule has 3 rings (SSSR count). The number of tetrazole rings is 1. The number of anilines is 1. The van der Waals surface area contributed by atoms with E-state index in [2.05, 4.69) is 15.5 Å². The Morgan fingerprint density at radius 3 is 2.95 bits per heavy atom. The predicted molar refractivity (Wildman–Crippen MR) is 76.2 cm³/mol. The topological polar surface area (TPSA) is 84.1 Å². The van der Waals surface area contributed by atoms with Crippen LogP contribution in [-0.2, 0) is 11.3 Å². The summed E-state index contributed by atoms with van der Waals surface area (Å²) in [4.78, 5) is 12.8. The Balaban J connectivity index is 1.85. The van der Waals surface area contributed by atoms with E-state index in [4.69, 9.17) is 16.7 Å². The fraction of sp³-hybridized carbons (Fsp3) is 0.385. The molecular formula is C13H14ClN5O2. The Bertz CT molecular complexity index is 656. The van der Waals surface area contributed by atoms with Crippen molar-refractivity contribution in [2.45, 2.75) is 25.4 Å². The van der Waals surface area contributed by atoms with Gasteiger partial charge in [-0.15, -0.1) is 5.10 Å². The summed E-state index contributed by atoms with van der Waals surface area (Å²) in [7, 11) is 0. The zero-order chi connectivity index (χ0) is 14.8. The quantitative estimate of drug-likeness (QED) is 0.875. The lowest BCUT2D eigenvalue weighted by Gasteiger charge is -2.22. The van der Waals surface area contributed by atoms with Crippen molar-refractivity contribution in [1.82, 2.24) is 20.2 Å². The van der Waals surface area contributed by atoms with Crippen LogP contribution in [-0.4, -0.2) is 37.8 Å². The summed E-state index contributed by atoms with van der Waals surface area (Å²) < 4.78 is 1.78. The van der Waals surface area contributed by atoms with Crippen LogP contribution in [0.4, 0.5) is 5.69 Å². The van der Waals surface area contributed by atoms with Crippen molar-refractivity contribution in [3.63, 3.8) is 0 Å².